The van der Waals surface area contributed by atoms with Crippen molar-refractivity contribution in [3.05, 3.63) is 71.3 Å². The monoisotopic (exact) mass is 455 g/mol. The molecule has 3 aromatic rings. The van der Waals surface area contributed by atoms with Crippen molar-refractivity contribution in [2.24, 2.45) is 5.92 Å². The van der Waals surface area contributed by atoms with E-state index >= 15 is 0 Å². The molecule has 0 fully saturated rings. The Balaban J connectivity index is 1.63. The molecule has 0 saturated heterocycles. The maximum atomic E-state index is 13.3. The first-order chi connectivity index (χ1) is 16.5. The number of benzene rings is 3. The summed E-state index contributed by atoms with van der Waals surface area (Å²) >= 11 is 0. The van der Waals surface area contributed by atoms with E-state index in [-0.39, 0.29) is 23.7 Å². The molecule has 5 nitrogen and oxygen atoms in total. The molecule has 174 valence electrons. The zero-order chi connectivity index (χ0) is 23.8. The molecule has 5 heteroatoms. The van der Waals surface area contributed by atoms with Crippen LogP contribution in [0.2, 0.25) is 0 Å². The lowest BCUT2D eigenvalue weighted by Gasteiger charge is -2.35. The molecule has 1 N–H and O–H groups in total. The summed E-state index contributed by atoms with van der Waals surface area (Å²) in [5, 5.41) is 5.97. The highest BCUT2D eigenvalue weighted by atomic mass is 16.6. The van der Waals surface area contributed by atoms with E-state index < -0.39 is 0 Å². The molecule has 1 atom stereocenters. The molecule has 0 amide bonds. The van der Waals surface area contributed by atoms with Gasteiger partial charge < -0.3 is 14.8 Å². The van der Waals surface area contributed by atoms with Crippen molar-refractivity contribution in [2.75, 3.05) is 11.9 Å². The smallest absolute Gasteiger partial charge is 0.313 e. The van der Waals surface area contributed by atoms with Gasteiger partial charge in [0.15, 0.2) is 17.3 Å². The van der Waals surface area contributed by atoms with Crippen molar-refractivity contribution < 1.29 is 19.1 Å². The van der Waals surface area contributed by atoms with Crippen LogP contribution in [0.25, 0.3) is 16.3 Å². The Morgan fingerprint density at radius 1 is 1.06 bits per heavy atom. The summed E-state index contributed by atoms with van der Waals surface area (Å²) in [6, 6.07) is 17.8. The van der Waals surface area contributed by atoms with Crippen LogP contribution in [0, 0.1) is 5.92 Å². The van der Waals surface area contributed by atoms with Gasteiger partial charge >= 0.3 is 5.97 Å². The number of allylic oxidation sites excluding steroid dienone is 1. The van der Waals surface area contributed by atoms with Gasteiger partial charge in [-0.15, -0.1) is 0 Å². The number of carbonyl (C=O) groups is 2. The second kappa shape index (κ2) is 8.98. The lowest BCUT2D eigenvalue weighted by molar-refractivity contribution is -0.137. The first kappa shape index (κ1) is 22.2. The maximum Gasteiger partial charge on any atom is 0.313 e. The molecule has 0 spiro atoms. The average Bonchev–Trinajstić information content (AvgIpc) is 2.84. The van der Waals surface area contributed by atoms with Gasteiger partial charge in [-0.2, -0.15) is 0 Å². The number of hydrogen-bond acceptors (Lipinski definition) is 5. The molecule has 1 heterocycles. The van der Waals surface area contributed by atoms with E-state index in [0.717, 1.165) is 40.8 Å². The lowest BCUT2D eigenvalue weighted by atomic mass is 9.77. The quantitative estimate of drug-likeness (QED) is 0.353. The van der Waals surface area contributed by atoms with Gasteiger partial charge in [0.2, 0.25) is 0 Å². The second-order valence-corrected chi connectivity index (χ2v) is 9.17. The summed E-state index contributed by atoms with van der Waals surface area (Å²) in [5.41, 5.74) is 5.06. The van der Waals surface area contributed by atoms with Gasteiger partial charge in [0.05, 0.1) is 18.6 Å². The molecule has 0 aromatic heterocycles. The third-order valence-corrected chi connectivity index (χ3v) is 6.56. The van der Waals surface area contributed by atoms with E-state index in [0.29, 0.717) is 24.5 Å². The Hall–Kier alpha value is -3.60. The highest BCUT2D eigenvalue weighted by molar-refractivity contribution is 6.12. The van der Waals surface area contributed by atoms with Crippen molar-refractivity contribution in [3.63, 3.8) is 0 Å². The van der Waals surface area contributed by atoms with Gasteiger partial charge in [0, 0.05) is 23.2 Å². The Kier molecular flexibility index (Phi) is 5.86. The van der Waals surface area contributed by atoms with Gasteiger partial charge in [0.25, 0.3) is 0 Å². The molecule has 0 saturated carbocycles. The van der Waals surface area contributed by atoms with Crippen molar-refractivity contribution in [3.8, 4) is 11.5 Å². The summed E-state index contributed by atoms with van der Waals surface area (Å²) in [4.78, 5) is 25.4. The van der Waals surface area contributed by atoms with Gasteiger partial charge in [-0.3, -0.25) is 9.59 Å². The first-order valence-electron chi connectivity index (χ1n) is 12.0. The fourth-order valence-electron chi connectivity index (χ4n) is 4.94. The topological polar surface area (TPSA) is 64.6 Å². The Labute approximate surface area is 199 Å². The van der Waals surface area contributed by atoms with E-state index in [1.54, 1.807) is 19.9 Å². The first-order valence-corrected chi connectivity index (χ1v) is 12.0. The molecule has 0 bridgehead atoms. The molecule has 0 unspecified atom stereocenters. The lowest BCUT2D eigenvalue weighted by Crippen LogP contribution is -2.27. The van der Waals surface area contributed by atoms with Crippen LogP contribution in [0.3, 0.4) is 0 Å². The van der Waals surface area contributed by atoms with E-state index in [4.69, 9.17) is 9.47 Å². The minimum absolute atomic E-state index is 0.186. The predicted octanol–water partition coefficient (Wildman–Crippen LogP) is 6.47. The number of nitrogens with one attached hydrogen (secondary N) is 1. The molecular formula is C29H29NO4. The van der Waals surface area contributed by atoms with E-state index in [1.165, 1.54) is 10.8 Å². The molecule has 5 rings (SSSR count). The number of fused-ring (bicyclic) bond motifs is 4. The summed E-state index contributed by atoms with van der Waals surface area (Å²) < 4.78 is 11.4. The molecule has 1 aliphatic carbocycles. The summed E-state index contributed by atoms with van der Waals surface area (Å²) in [6.07, 6.45) is 2.30. The van der Waals surface area contributed by atoms with Crippen molar-refractivity contribution in [2.45, 2.75) is 46.1 Å². The van der Waals surface area contributed by atoms with Crippen LogP contribution in [-0.2, 0) is 9.59 Å². The number of anilines is 1. The third-order valence-electron chi connectivity index (χ3n) is 6.56. The second-order valence-electron chi connectivity index (χ2n) is 9.17. The highest BCUT2D eigenvalue weighted by Crippen LogP contribution is 2.48. The minimum atomic E-state index is -0.308. The van der Waals surface area contributed by atoms with E-state index in [9.17, 15) is 9.59 Å². The fraction of sp³-hybridized carbons (Fsp3) is 0.310. The van der Waals surface area contributed by atoms with Gasteiger partial charge in [-0.05, 0) is 59.9 Å². The standard InChI is InChI=1S/C29H29NO4/c1-4-33-25-16-19(13-15-24(25)34-29(32)17(2)3)28-27-21(10-7-11-23(27)31)26-20-9-6-5-8-18(20)12-14-22(26)30-28/h5-6,8-9,12-17,28,30H,4,7,10-11H2,1-3H3/t28-/m1/s1. The number of carbonyl (C=O) groups excluding carboxylic acids is 2. The summed E-state index contributed by atoms with van der Waals surface area (Å²) in [7, 11) is 0. The Bertz CT molecular complexity index is 1320. The van der Waals surface area contributed by atoms with Crippen LogP contribution < -0.4 is 14.8 Å². The molecule has 3 aromatic carbocycles. The largest absolute Gasteiger partial charge is 0.490 e. The summed E-state index contributed by atoms with van der Waals surface area (Å²) in [6.45, 7) is 5.93. The minimum Gasteiger partial charge on any atom is -0.490 e. The van der Waals surface area contributed by atoms with Crippen LogP contribution in [0.15, 0.2) is 60.2 Å². The van der Waals surface area contributed by atoms with Crippen LogP contribution in [0.4, 0.5) is 5.69 Å². The van der Waals surface area contributed by atoms with E-state index in [1.807, 2.05) is 31.2 Å². The van der Waals surface area contributed by atoms with Crippen molar-refractivity contribution in [1.29, 1.82) is 0 Å². The van der Waals surface area contributed by atoms with Crippen LogP contribution in [0.1, 0.15) is 57.2 Å². The zero-order valence-electron chi connectivity index (χ0n) is 19.8. The van der Waals surface area contributed by atoms with Crippen molar-refractivity contribution in [1.82, 2.24) is 0 Å². The van der Waals surface area contributed by atoms with Crippen LogP contribution >= 0.6 is 0 Å². The number of rotatable bonds is 5. The number of esters is 1. The number of ketones is 1. The molecule has 2 aliphatic rings. The van der Waals surface area contributed by atoms with Crippen LogP contribution in [-0.4, -0.2) is 18.4 Å². The van der Waals surface area contributed by atoms with E-state index in [2.05, 4.69) is 29.6 Å². The van der Waals surface area contributed by atoms with Gasteiger partial charge in [-0.25, -0.2) is 0 Å². The maximum absolute atomic E-state index is 13.3. The average molecular weight is 456 g/mol. The number of hydrogen-bond donors (Lipinski definition) is 1. The normalized spacial score (nSPS) is 17.3. The highest BCUT2D eigenvalue weighted by Gasteiger charge is 2.35. The zero-order valence-corrected chi connectivity index (χ0v) is 19.8. The molecule has 34 heavy (non-hydrogen) atoms. The number of ether oxygens (including phenoxy) is 2. The molecular weight excluding hydrogens is 426 g/mol. The van der Waals surface area contributed by atoms with Crippen molar-refractivity contribution >= 4 is 33.8 Å². The van der Waals surface area contributed by atoms with Gasteiger partial charge in [-0.1, -0.05) is 50.2 Å². The SMILES string of the molecule is CCOc1cc([C@H]2Nc3ccc4ccccc4c3C3=C2C(=O)CCC3)ccc1OC(=O)C(C)C. The fourth-order valence-corrected chi connectivity index (χ4v) is 4.94. The Morgan fingerprint density at radius 3 is 2.68 bits per heavy atom. The number of Topliss-reactive ketones (excluding diaryl/α,β-unsaturated/α-hetero) is 1. The third kappa shape index (κ3) is 3.85. The predicted molar refractivity (Wildman–Crippen MR) is 134 cm³/mol. The molecule has 1 aliphatic heterocycles. The Morgan fingerprint density at radius 2 is 1.88 bits per heavy atom. The van der Waals surface area contributed by atoms with Gasteiger partial charge in [0.1, 0.15) is 0 Å². The summed E-state index contributed by atoms with van der Waals surface area (Å²) in [5.74, 6) is 0.539. The van der Waals surface area contributed by atoms with Crippen LogP contribution in [0.5, 0.6) is 11.5 Å². The molecule has 0 radical (unpaired) electrons.